The van der Waals surface area contributed by atoms with Gasteiger partial charge in [0.05, 0.1) is 16.8 Å². The summed E-state index contributed by atoms with van der Waals surface area (Å²) in [5, 5.41) is 10.2. The van der Waals surface area contributed by atoms with Crippen LogP contribution in [0.25, 0.3) is 22.2 Å². The predicted octanol–water partition coefficient (Wildman–Crippen LogP) is 4.43. The van der Waals surface area contributed by atoms with Crippen molar-refractivity contribution in [1.82, 2.24) is 4.98 Å². The molecule has 4 aromatic rings. The van der Waals surface area contributed by atoms with Crippen molar-refractivity contribution < 1.29 is 19.4 Å². The van der Waals surface area contributed by atoms with Gasteiger partial charge < -0.3 is 14.7 Å². The van der Waals surface area contributed by atoms with Gasteiger partial charge in [-0.3, -0.25) is 4.79 Å². The van der Waals surface area contributed by atoms with Gasteiger partial charge in [0.25, 0.3) is 5.91 Å². The zero-order chi connectivity index (χ0) is 21.8. The van der Waals surface area contributed by atoms with Crippen molar-refractivity contribution in [2.45, 2.75) is 0 Å². The standard InChI is InChI=1S/C25H20N2O4/c1-27(18-7-3-2-4-8-18)24(29)16-31-25(30)21-15-23(17-11-13-19(28)14-12-17)26-22-10-6-5-9-20(21)22/h2-15,28H,16H2,1H3. The number of rotatable bonds is 5. The summed E-state index contributed by atoms with van der Waals surface area (Å²) in [6.45, 7) is -0.380. The second-order valence-corrected chi connectivity index (χ2v) is 6.98. The van der Waals surface area contributed by atoms with E-state index in [1.165, 1.54) is 4.90 Å². The van der Waals surface area contributed by atoms with Crippen molar-refractivity contribution in [2.75, 3.05) is 18.6 Å². The van der Waals surface area contributed by atoms with Crippen LogP contribution in [0.5, 0.6) is 5.75 Å². The van der Waals surface area contributed by atoms with E-state index in [1.807, 2.05) is 36.4 Å². The lowest BCUT2D eigenvalue weighted by Crippen LogP contribution is -2.31. The number of ether oxygens (including phenoxy) is 1. The number of aromatic hydroxyl groups is 1. The van der Waals surface area contributed by atoms with Crippen molar-refractivity contribution in [2.24, 2.45) is 0 Å². The molecular weight excluding hydrogens is 392 g/mol. The molecule has 0 saturated heterocycles. The Morgan fingerprint density at radius 2 is 1.61 bits per heavy atom. The molecule has 0 bridgehead atoms. The normalized spacial score (nSPS) is 10.6. The van der Waals surface area contributed by atoms with Crippen LogP contribution in [0, 0.1) is 0 Å². The molecule has 0 fully saturated rings. The molecule has 0 unspecified atom stereocenters. The third-order valence-corrected chi connectivity index (χ3v) is 4.94. The van der Waals surface area contributed by atoms with Crippen molar-refractivity contribution in [3.05, 3.63) is 90.5 Å². The van der Waals surface area contributed by atoms with Crippen molar-refractivity contribution >= 4 is 28.5 Å². The van der Waals surface area contributed by atoms with E-state index in [9.17, 15) is 14.7 Å². The van der Waals surface area contributed by atoms with Crippen LogP contribution in [0.4, 0.5) is 5.69 Å². The molecule has 6 heteroatoms. The molecule has 31 heavy (non-hydrogen) atoms. The van der Waals surface area contributed by atoms with Gasteiger partial charge in [-0.2, -0.15) is 0 Å². The van der Waals surface area contributed by atoms with E-state index in [-0.39, 0.29) is 18.3 Å². The lowest BCUT2D eigenvalue weighted by atomic mass is 10.0. The summed E-state index contributed by atoms with van der Waals surface area (Å²) in [6, 6.07) is 24.6. The van der Waals surface area contributed by atoms with E-state index >= 15 is 0 Å². The lowest BCUT2D eigenvalue weighted by Gasteiger charge is -2.17. The average Bonchev–Trinajstić information content (AvgIpc) is 2.82. The third kappa shape index (κ3) is 4.38. The van der Waals surface area contributed by atoms with E-state index in [1.54, 1.807) is 55.6 Å². The maximum atomic E-state index is 12.9. The predicted molar refractivity (Wildman–Crippen MR) is 119 cm³/mol. The number of amides is 1. The molecule has 1 amide bonds. The van der Waals surface area contributed by atoms with Crippen LogP contribution in [0.15, 0.2) is 84.9 Å². The van der Waals surface area contributed by atoms with Crippen LogP contribution in [-0.2, 0) is 9.53 Å². The second-order valence-electron chi connectivity index (χ2n) is 6.98. The van der Waals surface area contributed by atoms with Crippen LogP contribution < -0.4 is 4.90 Å². The topological polar surface area (TPSA) is 79.7 Å². The van der Waals surface area contributed by atoms with Crippen LogP contribution in [0.3, 0.4) is 0 Å². The molecule has 0 spiro atoms. The molecule has 0 atom stereocenters. The average molecular weight is 412 g/mol. The van der Waals surface area contributed by atoms with Gasteiger partial charge in [-0.15, -0.1) is 0 Å². The molecule has 0 aliphatic carbocycles. The highest BCUT2D eigenvalue weighted by molar-refractivity contribution is 6.05. The van der Waals surface area contributed by atoms with Crippen LogP contribution in [0.2, 0.25) is 0 Å². The summed E-state index contributed by atoms with van der Waals surface area (Å²) in [5.41, 5.74) is 2.99. The SMILES string of the molecule is CN(C(=O)COC(=O)c1cc(-c2ccc(O)cc2)nc2ccccc12)c1ccccc1. The monoisotopic (exact) mass is 412 g/mol. The third-order valence-electron chi connectivity index (χ3n) is 4.94. The Balaban J connectivity index is 1.59. The zero-order valence-corrected chi connectivity index (χ0v) is 16.9. The van der Waals surface area contributed by atoms with Crippen LogP contribution in [-0.4, -0.2) is 35.6 Å². The zero-order valence-electron chi connectivity index (χ0n) is 16.9. The maximum Gasteiger partial charge on any atom is 0.339 e. The Morgan fingerprint density at radius 3 is 2.35 bits per heavy atom. The number of pyridine rings is 1. The van der Waals surface area contributed by atoms with E-state index in [0.29, 0.717) is 27.8 Å². The van der Waals surface area contributed by atoms with E-state index in [0.717, 1.165) is 5.56 Å². The molecular formula is C25H20N2O4. The van der Waals surface area contributed by atoms with E-state index in [2.05, 4.69) is 4.98 Å². The first-order chi connectivity index (χ1) is 15.0. The minimum absolute atomic E-state index is 0.144. The lowest BCUT2D eigenvalue weighted by molar-refractivity contribution is -0.121. The minimum Gasteiger partial charge on any atom is -0.508 e. The molecule has 154 valence electrons. The smallest absolute Gasteiger partial charge is 0.339 e. The molecule has 4 rings (SSSR count). The van der Waals surface area contributed by atoms with Gasteiger partial charge in [-0.05, 0) is 48.5 Å². The van der Waals surface area contributed by atoms with Gasteiger partial charge in [0.15, 0.2) is 6.61 Å². The Bertz CT molecular complexity index is 1240. The molecule has 0 radical (unpaired) electrons. The molecule has 1 aromatic heterocycles. The van der Waals surface area contributed by atoms with E-state index in [4.69, 9.17) is 4.74 Å². The molecule has 0 aliphatic rings. The first kappa shape index (κ1) is 20.1. The highest BCUT2D eigenvalue weighted by Crippen LogP contribution is 2.26. The van der Waals surface area contributed by atoms with Gasteiger partial charge in [0.1, 0.15) is 5.75 Å². The summed E-state index contributed by atoms with van der Waals surface area (Å²) in [6.07, 6.45) is 0. The quantitative estimate of drug-likeness (QED) is 0.491. The van der Waals surface area contributed by atoms with Gasteiger partial charge in [0, 0.05) is 23.7 Å². The molecule has 1 heterocycles. The van der Waals surface area contributed by atoms with Gasteiger partial charge in [-0.1, -0.05) is 36.4 Å². The fraction of sp³-hybridized carbons (Fsp3) is 0.0800. The Kier molecular flexibility index (Phi) is 5.62. The number of hydrogen-bond acceptors (Lipinski definition) is 5. The maximum absolute atomic E-state index is 12.9. The fourth-order valence-electron chi connectivity index (χ4n) is 3.22. The van der Waals surface area contributed by atoms with Gasteiger partial charge >= 0.3 is 5.97 Å². The molecule has 3 aromatic carbocycles. The highest BCUT2D eigenvalue weighted by atomic mass is 16.5. The summed E-state index contributed by atoms with van der Waals surface area (Å²) >= 11 is 0. The summed E-state index contributed by atoms with van der Waals surface area (Å²) < 4.78 is 5.35. The number of carbonyl (C=O) groups is 2. The van der Waals surface area contributed by atoms with Gasteiger partial charge in [0.2, 0.25) is 0 Å². The summed E-state index contributed by atoms with van der Waals surface area (Å²) in [7, 11) is 1.64. The Hall–Kier alpha value is -4.19. The number of phenolic OH excluding ortho intramolecular Hbond substituents is 1. The number of para-hydroxylation sites is 2. The van der Waals surface area contributed by atoms with Gasteiger partial charge in [-0.25, -0.2) is 9.78 Å². The number of aromatic nitrogens is 1. The minimum atomic E-state index is -0.603. The summed E-state index contributed by atoms with van der Waals surface area (Å²) in [5.74, 6) is -0.796. The second kappa shape index (κ2) is 8.67. The van der Waals surface area contributed by atoms with Crippen molar-refractivity contribution in [3.8, 4) is 17.0 Å². The Labute approximate surface area is 179 Å². The Morgan fingerprint density at radius 1 is 0.935 bits per heavy atom. The molecule has 1 N–H and O–H groups in total. The number of anilines is 1. The fourth-order valence-corrected chi connectivity index (χ4v) is 3.22. The number of likely N-dealkylation sites (N-methyl/N-ethyl adjacent to an activating group) is 1. The number of benzene rings is 3. The summed E-state index contributed by atoms with van der Waals surface area (Å²) in [4.78, 5) is 31.4. The largest absolute Gasteiger partial charge is 0.508 e. The number of hydrogen-bond donors (Lipinski definition) is 1. The number of esters is 1. The van der Waals surface area contributed by atoms with Crippen LogP contribution in [0.1, 0.15) is 10.4 Å². The molecule has 0 saturated carbocycles. The first-order valence-electron chi connectivity index (χ1n) is 9.71. The molecule has 6 nitrogen and oxygen atoms in total. The number of fused-ring (bicyclic) bond motifs is 1. The first-order valence-corrected chi connectivity index (χ1v) is 9.71. The van der Waals surface area contributed by atoms with Crippen LogP contribution >= 0.6 is 0 Å². The number of nitrogens with zero attached hydrogens (tertiary/aromatic N) is 2. The molecule has 0 aliphatic heterocycles. The highest BCUT2D eigenvalue weighted by Gasteiger charge is 2.18. The number of phenols is 1. The van der Waals surface area contributed by atoms with E-state index < -0.39 is 5.97 Å². The van der Waals surface area contributed by atoms with Crippen molar-refractivity contribution in [1.29, 1.82) is 0 Å². The number of carbonyl (C=O) groups excluding carboxylic acids is 2. The van der Waals surface area contributed by atoms with Crippen molar-refractivity contribution in [3.63, 3.8) is 0 Å².